The third kappa shape index (κ3) is 7.20. The number of hydrogen-bond acceptors (Lipinski definition) is 8. The summed E-state index contributed by atoms with van der Waals surface area (Å²) in [5.74, 6) is 0.369. The van der Waals surface area contributed by atoms with Crippen LogP contribution in [-0.4, -0.2) is 68.9 Å². The molecule has 1 atom stereocenters. The van der Waals surface area contributed by atoms with Crippen molar-refractivity contribution >= 4 is 46.6 Å². The van der Waals surface area contributed by atoms with Crippen LogP contribution in [0.2, 0.25) is 10.0 Å². The molecule has 0 unspecified atom stereocenters. The van der Waals surface area contributed by atoms with Gasteiger partial charge in [-0.1, -0.05) is 47.5 Å². The van der Waals surface area contributed by atoms with Gasteiger partial charge in [0.1, 0.15) is 5.75 Å². The van der Waals surface area contributed by atoms with Gasteiger partial charge in [0, 0.05) is 79.7 Å². The summed E-state index contributed by atoms with van der Waals surface area (Å²) in [7, 11) is 3.40. The number of ether oxygens (including phenoxy) is 1. The van der Waals surface area contributed by atoms with Gasteiger partial charge in [-0.05, 0) is 38.5 Å². The predicted octanol–water partition coefficient (Wildman–Crippen LogP) is 4.71. The number of carbonyl (C=O) groups excluding carboxylic acids is 3. The predicted molar refractivity (Wildman–Crippen MR) is 193 cm³/mol. The zero-order valence-electron chi connectivity index (χ0n) is 28.4. The first-order valence-electron chi connectivity index (χ1n) is 16.4. The van der Waals surface area contributed by atoms with Crippen molar-refractivity contribution < 1.29 is 19.1 Å². The van der Waals surface area contributed by atoms with Crippen LogP contribution in [0.15, 0.2) is 48.7 Å². The Morgan fingerprint density at radius 2 is 1.90 bits per heavy atom. The molecule has 4 aromatic rings. The second kappa shape index (κ2) is 14.4. The summed E-state index contributed by atoms with van der Waals surface area (Å²) in [6.45, 7) is 5.36. The highest BCUT2D eigenvalue weighted by atomic mass is 35.5. The van der Waals surface area contributed by atoms with Crippen molar-refractivity contribution in [2.45, 2.75) is 57.8 Å². The SMILES string of the molecule is COc1cc(-c2nccc(-c3cccc(NC(=O)c4nc5c(n4C)CCN(C(=O)C(C)(C)N)C5)c3Cl)c2Cl)ccc1CNC[C@H]1CCC(=O)N1. The molecule has 0 spiro atoms. The molecule has 3 amide bonds. The van der Waals surface area contributed by atoms with E-state index in [-0.39, 0.29) is 30.2 Å². The van der Waals surface area contributed by atoms with E-state index in [2.05, 4.69) is 25.9 Å². The van der Waals surface area contributed by atoms with Crippen LogP contribution in [0.1, 0.15) is 54.3 Å². The van der Waals surface area contributed by atoms with Crippen molar-refractivity contribution in [3.8, 4) is 28.1 Å². The number of rotatable bonds is 10. The standard InChI is InChI=1S/C36H40Cl2N8O4/c1-36(2,39)35(49)46-15-13-27-26(19-46)43-33(45(27)3)34(48)44-25-7-5-6-23(30(25)37)24-12-14-41-32(31(24)38)20-8-9-21(28(16-20)50-4)17-40-18-22-10-11-29(47)42-22/h5-9,12,14,16,22,40H,10-11,13,15,17-19,39H2,1-4H3,(H,42,47)(H,44,48)/t22-/m1/s1. The van der Waals surface area contributed by atoms with Crippen molar-refractivity contribution in [1.82, 2.24) is 30.1 Å². The zero-order chi connectivity index (χ0) is 35.7. The maximum absolute atomic E-state index is 13.5. The number of fused-ring (bicyclic) bond motifs is 1. The number of halogens is 2. The Hall–Kier alpha value is -4.49. The molecule has 1 saturated heterocycles. The number of anilines is 1. The molecule has 4 heterocycles. The quantitative estimate of drug-likeness (QED) is 0.184. The summed E-state index contributed by atoms with van der Waals surface area (Å²) >= 11 is 13.9. The molecule has 2 aromatic carbocycles. The highest BCUT2D eigenvalue weighted by Crippen LogP contribution is 2.41. The van der Waals surface area contributed by atoms with Crippen LogP contribution in [-0.2, 0) is 36.1 Å². The van der Waals surface area contributed by atoms with Gasteiger partial charge in [-0.2, -0.15) is 0 Å². The van der Waals surface area contributed by atoms with Crippen molar-refractivity contribution in [2.75, 3.05) is 25.5 Å². The number of hydrogen-bond donors (Lipinski definition) is 4. The van der Waals surface area contributed by atoms with Gasteiger partial charge in [-0.3, -0.25) is 19.4 Å². The molecule has 1 fully saturated rings. The average molecular weight is 720 g/mol. The number of pyridine rings is 1. The van der Waals surface area contributed by atoms with E-state index in [1.54, 1.807) is 61.9 Å². The molecule has 14 heteroatoms. The highest BCUT2D eigenvalue weighted by Gasteiger charge is 2.33. The largest absolute Gasteiger partial charge is 0.496 e. The van der Waals surface area contributed by atoms with Gasteiger partial charge >= 0.3 is 0 Å². The number of nitrogens with zero attached hydrogens (tertiary/aromatic N) is 4. The summed E-state index contributed by atoms with van der Waals surface area (Å²) in [6, 6.07) is 13.0. The minimum Gasteiger partial charge on any atom is -0.496 e. The molecule has 0 radical (unpaired) electrons. The third-order valence-corrected chi connectivity index (χ3v) is 9.87. The van der Waals surface area contributed by atoms with Crippen molar-refractivity contribution in [3.63, 3.8) is 0 Å². The highest BCUT2D eigenvalue weighted by molar-refractivity contribution is 6.39. The summed E-state index contributed by atoms with van der Waals surface area (Å²) in [5, 5.41) is 9.97. The fourth-order valence-electron chi connectivity index (χ4n) is 6.43. The van der Waals surface area contributed by atoms with Gasteiger partial charge in [0.2, 0.25) is 11.8 Å². The number of benzene rings is 2. The van der Waals surface area contributed by atoms with Crippen LogP contribution in [0, 0.1) is 0 Å². The Balaban J connectivity index is 1.20. The van der Waals surface area contributed by atoms with E-state index < -0.39 is 11.4 Å². The molecule has 2 aromatic heterocycles. The van der Waals surface area contributed by atoms with Crippen molar-refractivity contribution in [1.29, 1.82) is 0 Å². The number of methoxy groups -OCH3 is 1. The van der Waals surface area contributed by atoms with Gasteiger partial charge in [-0.15, -0.1) is 0 Å². The summed E-state index contributed by atoms with van der Waals surface area (Å²) in [5.41, 5.74) is 10.5. The lowest BCUT2D eigenvalue weighted by Gasteiger charge is -2.31. The molecule has 0 aliphatic carbocycles. The minimum absolute atomic E-state index is 0.0891. The van der Waals surface area contributed by atoms with Crippen LogP contribution >= 0.6 is 23.2 Å². The Morgan fingerprint density at radius 1 is 1.12 bits per heavy atom. The number of nitrogens with two attached hydrogens (primary N) is 1. The number of carbonyl (C=O) groups is 3. The Bertz CT molecular complexity index is 1970. The van der Waals surface area contributed by atoms with E-state index in [4.69, 9.17) is 33.7 Å². The van der Waals surface area contributed by atoms with Crippen molar-refractivity contribution in [2.24, 2.45) is 12.8 Å². The van der Waals surface area contributed by atoms with E-state index in [0.29, 0.717) is 76.5 Å². The molecular formula is C36H40Cl2N8O4. The van der Waals surface area contributed by atoms with Crippen LogP contribution in [0.5, 0.6) is 5.75 Å². The van der Waals surface area contributed by atoms with E-state index in [1.165, 1.54) is 0 Å². The van der Waals surface area contributed by atoms with E-state index >= 15 is 0 Å². The second-order valence-electron chi connectivity index (χ2n) is 13.2. The van der Waals surface area contributed by atoms with Gasteiger partial charge < -0.3 is 35.9 Å². The van der Waals surface area contributed by atoms with Crippen LogP contribution in [0.3, 0.4) is 0 Å². The zero-order valence-corrected chi connectivity index (χ0v) is 29.9. The van der Waals surface area contributed by atoms with Crippen LogP contribution < -0.4 is 26.4 Å². The lowest BCUT2D eigenvalue weighted by Crippen LogP contribution is -2.52. The minimum atomic E-state index is -1.00. The molecule has 50 heavy (non-hydrogen) atoms. The monoisotopic (exact) mass is 718 g/mol. The Kier molecular flexibility index (Phi) is 10.2. The summed E-state index contributed by atoms with van der Waals surface area (Å²) < 4.78 is 7.46. The summed E-state index contributed by atoms with van der Waals surface area (Å²) in [4.78, 5) is 48.7. The first-order chi connectivity index (χ1) is 23.8. The Morgan fingerprint density at radius 3 is 2.62 bits per heavy atom. The lowest BCUT2D eigenvalue weighted by atomic mass is 10.0. The van der Waals surface area contributed by atoms with Gasteiger partial charge in [-0.25, -0.2) is 4.98 Å². The van der Waals surface area contributed by atoms with Gasteiger partial charge in [0.25, 0.3) is 5.91 Å². The van der Waals surface area contributed by atoms with Crippen LogP contribution in [0.25, 0.3) is 22.4 Å². The molecule has 0 saturated carbocycles. The molecule has 12 nitrogen and oxygen atoms in total. The van der Waals surface area contributed by atoms with Crippen LogP contribution in [0.4, 0.5) is 5.69 Å². The molecular weight excluding hydrogens is 679 g/mol. The topological polar surface area (TPSA) is 156 Å². The number of imidazole rings is 1. The first-order valence-corrected chi connectivity index (χ1v) is 17.2. The number of nitrogens with one attached hydrogen (secondary N) is 3. The summed E-state index contributed by atoms with van der Waals surface area (Å²) in [6.07, 6.45) is 3.60. The van der Waals surface area contributed by atoms with Gasteiger partial charge in [0.15, 0.2) is 5.82 Å². The fourth-order valence-corrected chi connectivity index (χ4v) is 7.03. The Labute approximate surface area is 300 Å². The lowest BCUT2D eigenvalue weighted by molar-refractivity contribution is -0.136. The maximum Gasteiger partial charge on any atom is 0.291 e. The smallest absolute Gasteiger partial charge is 0.291 e. The normalized spacial score (nSPS) is 15.9. The molecule has 262 valence electrons. The molecule has 2 aliphatic rings. The first kappa shape index (κ1) is 35.3. The van der Waals surface area contributed by atoms with E-state index in [0.717, 1.165) is 23.2 Å². The third-order valence-electron chi connectivity index (χ3n) is 9.08. The van der Waals surface area contributed by atoms with Crippen molar-refractivity contribution in [3.05, 3.63) is 81.5 Å². The average Bonchev–Trinajstić information content (AvgIpc) is 3.66. The molecule has 2 aliphatic heterocycles. The van der Waals surface area contributed by atoms with Gasteiger partial charge in [0.05, 0.1) is 46.3 Å². The fraction of sp³-hybridized carbons (Fsp3) is 0.361. The molecule has 0 bridgehead atoms. The molecule has 6 rings (SSSR count). The number of amides is 3. The van der Waals surface area contributed by atoms with E-state index in [1.807, 2.05) is 24.3 Å². The maximum atomic E-state index is 13.5. The number of aromatic nitrogens is 3. The second-order valence-corrected chi connectivity index (χ2v) is 13.9. The molecule has 5 N–H and O–H groups in total. The van der Waals surface area contributed by atoms with E-state index in [9.17, 15) is 14.4 Å².